The van der Waals surface area contributed by atoms with Gasteiger partial charge in [0.15, 0.2) is 0 Å². The first-order valence-corrected chi connectivity index (χ1v) is 3.95. The minimum absolute atomic E-state index is 0.0675. The second-order valence-electron chi connectivity index (χ2n) is 1.15. The highest BCUT2D eigenvalue weighted by Gasteiger charge is 1.68. The third-order valence-electron chi connectivity index (χ3n) is 0.575. The molecule has 0 heterocycles. The Hall–Kier alpha value is -0.303. The molecule has 0 unspecified atom stereocenters. The molecular formula is C5H10Si. The van der Waals surface area contributed by atoms with Crippen molar-refractivity contribution in [3.05, 3.63) is 24.9 Å². The lowest BCUT2D eigenvalue weighted by Gasteiger charge is -1.74. The van der Waals surface area contributed by atoms with Crippen molar-refractivity contribution in [1.29, 1.82) is 0 Å². The summed E-state index contributed by atoms with van der Waals surface area (Å²) < 4.78 is 0. The summed E-state index contributed by atoms with van der Waals surface area (Å²) in [6.45, 7) is 7.20. The molecule has 0 saturated carbocycles. The Balaban J connectivity index is 2.66. The van der Waals surface area contributed by atoms with Gasteiger partial charge in [0.25, 0.3) is 0 Å². The zero-order valence-corrected chi connectivity index (χ0v) is 5.40. The number of hydrogen-bond acceptors (Lipinski definition) is 0. The largest absolute Gasteiger partial charge is 0.108 e. The van der Waals surface area contributed by atoms with E-state index in [0.29, 0.717) is 0 Å². The van der Waals surface area contributed by atoms with Gasteiger partial charge in [0.2, 0.25) is 0 Å². The highest BCUT2D eigenvalue weighted by Crippen LogP contribution is 1.75. The summed E-state index contributed by atoms with van der Waals surface area (Å²) in [4.78, 5) is 0. The number of hydrogen-bond donors (Lipinski definition) is 0. The van der Waals surface area contributed by atoms with Crippen LogP contribution in [0.2, 0.25) is 6.04 Å². The predicted octanol–water partition coefficient (Wildman–Crippen LogP) is 0.903. The van der Waals surface area contributed by atoms with E-state index in [1.54, 1.807) is 0 Å². The molecule has 0 aliphatic heterocycles. The van der Waals surface area contributed by atoms with Crippen molar-refractivity contribution < 1.29 is 0 Å². The fourth-order valence-corrected chi connectivity index (χ4v) is 0.707. The van der Waals surface area contributed by atoms with Crippen LogP contribution >= 0.6 is 0 Å². The molecule has 6 heavy (non-hydrogen) atoms. The summed E-state index contributed by atoms with van der Waals surface area (Å²) in [5.74, 6) is 0. The lowest BCUT2D eigenvalue weighted by atomic mass is 10.8. The number of allylic oxidation sites excluding steroid dienone is 1. The Labute approximate surface area is 41.4 Å². The predicted molar refractivity (Wildman–Crippen MR) is 33.7 cm³/mol. The Kier molecular flexibility index (Phi) is 4.46. The highest BCUT2D eigenvalue weighted by atomic mass is 28.2. The van der Waals surface area contributed by atoms with Gasteiger partial charge in [0, 0.05) is 9.52 Å². The van der Waals surface area contributed by atoms with Gasteiger partial charge < -0.3 is 0 Å². The lowest BCUT2D eigenvalue weighted by Crippen LogP contribution is -1.74. The Bertz CT molecular complexity index is 39.9. The summed E-state index contributed by atoms with van der Waals surface area (Å²) in [6.07, 6.45) is 1.95. The van der Waals surface area contributed by atoms with Crippen LogP contribution in [0.25, 0.3) is 0 Å². The summed E-state index contributed by atoms with van der Waals surface area (Å²) in [7, 11) is 0.0675. The van der Waals surface area contributed by atoms with Crippen molar-refractivity contribution in [2.24, 2.45) is 0 Å². The summed E-state index contributed by atoms with van der Waals surface area (Å²) in [6, 6.07) is 1.20. The molecule has 0 rings (SSSR count). The van der Waals surface area contributed by atoms with Crippen LogP contribution in [-0.4, -0.2) is 9.52 Å². The first-order valence-electron chi connectivity index (χ1n) is 2.13. The lowest BCUT2D eigenvalue weighted by molar-refractivity contribution is 1.73. The molecule has 0 saturated heterocycles. The van der Waals surface area contributed by atoms with E-state index in [2.05, 4.69) is 13.2 Å². The third-order valence-corrected chi connectivity index (χ3v) is 1.72. The van der Waals surface area contributed by atoms with E-state index in [-0.39, 0.29) is 9.52 Å². The summed E-state index contributed by atoms with van der Waals surface area (Å²) >= 11 is 0. The third kappa shape index (κ3) is 3.70. The van der Waals surface area contributed by atoms with E-state index in [4.69, 9.17) is 0 Å². The molecule has 0 aromatic carbocycles. The van der Waals surface area contributed by atoms with Crippen LogP contribution in [0.4, 0.5) is 0 Å². The minimum Gasteiger partial charge on any atom is -0.108 e. The maximum atomic E-state index is 3.61. The number of rotatable bonds is 3. The average Bonchev–Trinajstić information content (AvgIpc) is 1.61. The smallest absolute Gasteiger partial charge is 0.0483 e. The molecule has 0 fully saturated rings. The van der Waals surface area contributed by atoms with Gasteiger partial charge in [-0.05, 0) is 6.04 Å². The Morgan fingerprint density at radius 3 is 2.33 bits per heavy atom. The maximum absolute atomic E-state index is 3.61. The molecule has 0 aromatic rings. The standard InChI is InChI=1S/C5H10Si/c1-3-5-6-4-2/h3-4H,1-2,5-6H2. The molecule has 0 aromatic heterocycles. The summed E-state index contributed by atoms with van der Waals surface area (Å²) in [5.41, 5.74) is 2.03. The van der Waals surface area contributed by atoms with Gasteiger partial charge in [-0.2, -0.15) is 0 Å². The second kappa shape index (κ2) is 4.70. The summed E-state index contributed by atoms with van der Waals surface area (Å²) in [5, 5.41) is 0. The minimum atomic E-state index is 0.0675. The highest BCUT2D eigenvalue weighted by molar-refractivity contribution is 6.42. The molecule has 0 aliphatic carbocycles. The van der Waals surface area contributed by atoms with Gasteiger partial charge in [0.1, 0.15) is 0 Å². The van der Waals surface area contributed by atoms with E-state index in [9.17, 15) is 0 Å². The molecule has 0 radical (unpaired) electrons. The van der Waals surface area contributed by atoms with Crippen LogP contribution in [-0.2, 0) is 0 Å². The van der Waals surface area contributed by atoms with Crippen LogP contribution in [0.5, 0.6) is 0 Å². The van der Waals surface area contributed by atoms with Crippen LogP contribution in [0.15, 0.2) is 24.9 Å². The van der Waals surface area contributed by atoms with Gasteiger partial charge in [-0.1, -0.05) is 6.08 Å². The molecule has 0 amide bonds. The SMILES string of the molecule is C=CC[SiH2]C=C. The molecule has 0 atom stereocenters. The normalized spacial score (nSPS) is 9.33. The molecule has 34 valence electrons. The van der Waals surface area contributed by atoms with Gasteiger partial charge in [-0.3, -0.25) is 0 Å². The van der Waals surface area contributed by atoms with Crippen molar-refractivity contribution in [2.75, 3.05) is 0 Å². The van der Waals surface area contributed by atoms with E-state index >= 15 is 0 Å². The molecule has 0 bridgehead atoms. The van der Waals surface area contributed by atoms with Gasteiger partial charge in [0.05, 0.1) is 0 Å². The zero-order chi connectivity index (χ0) is 4.83. The zero-order valence-electron chi connectivity index (χ0n) is 3.98. The van der Waals surface area contributed by atoms with Crippen LogP contribution < -0.4 is 0 Å². The Morgan fingerprint density at radius 1 is 1.50 bits per heavy atom. The van der Waals surface area contributed by atoms with Gasteiger partial charge in [-0.15, -0.1) is 18.9 Å². The van der Waals surface area contributed by atoms with Crippen molar-refractivity contribution in [3.63, 3.8) is 0 Å². The first kappa shape index (κ1) is 5.70. The fraction of sp³-hybridized carbons (Fsp3) is 0.200. The van der Waals surface area contributed by atoms with Crippen molar-refractivity contribution in [1.82, 2.24) is 0 Å². The van der Waals surface area contributed by atoms with Crippen LogP contribution in [0.3, 0.4) is 0 Å². The monoisotopic (exact) mass is 98.1 g/mol. The molecule has 1 heteroatoms. The van der Waals surface area contributed by atoms with Crippen molar-refractivity contribution >= 4 is 9.52 Å². The van der Waals surface area contributed by atoms with Crippen LogP contribution in [0.1, 0.15) is 0 Å². The fourth-order valence-electron chi connectivity index (χ4n) is 0.236. The van der Waals surface area contributed by atoms with Gasteiger partial charge in [-0.25, -0.2) is 0 Å². The molecule has 0 nitrogen and oxygen atoms in total. The van der Waals surface area contributed by atoms with E-state index in [1.165, 1.54) is 6.04 Å². The molecular weight excluding hydrogens is 88.1 g/mol. The quantitative estimate of drug-likeness (QED) is 0.279. The molecule has 0 spiro atoms. The average molecular weight is 98.2 g/mol. The van der Waals surface area contributed by atoms with E-state index in [1.807, 2.05) is 11.8 Å². The van der Waals surface area contributed by atoms with Gasteiger partial charge >= 0.3 is 0 Å². The first-order chi connectivity index (χ1) is 2.91. The van der Waals surface area contributed by atoms with Crippen molar-refractivity contribution in [2.45, 2.75) is 6.04 Å². The van der Waals surface area contributed by atoms with Crippen molar-refractivity contribution in [3.8, 4) is 0 Å². The maximum Gasteiger partial charge on any atom is 0.0483 e. The molecule has 0 aliphatic rings. The topological polar surface area (TPSA) is 0 Å². The van der Waals surface area contributed by atoms with Crippen LogP contribution in [0, 0.1) is 0 Å². The second-order valence-corrected chi connectivity index (χ2v) is 2.89. The Morgan fingerprint density at radius 2 is 2.17 bits per heavy atom. The van der Waals surface area contributed by atoms with E-state index < -0.39 is 0 Å². The molecule has 0 N–H and O–H groups in total. The van der Waals surface area contributed by atoms with E-state index in [0.717, 1.165) is 0 Å².